The van der Waals surface area contributed by atoms with Gasteiger partial charge in [-0.05, 0) is 143 Å². The van der Waals surface area contributed by atoms with E-state index in [0.717, 1.165) is 153 Å². The molecule has 0 saturated heterocycles. The highest BCUT2D eigenvalue weighted by atomic mass is 15.0. The van der Waals surface area contributed by atoms with Crippen molar-refractivity contribution < 1.29 is 0 Å². The summed E-state index contributed by atoms with van der Waals surface area (Å²) in [7, 11) is 0. The van der Waals surface area contributed by atoms with Crippen LogP contribution in [0.5, 0.6) is 0 Å². The lowest BCUT2D eigenvalue weighted by atomic mass is 9.92. The summed E-state index contributed by atoms with van der Waals surface area (Å²) < 4.78 is 7.63. The van der Waals surface area contributed by atoms with Gasteiger partial charge in [0, 0.05) is 53.9 Å². The SMILES string of the molecule is N#Cc1c(C#N)c(-n2c3ccccc3c3c4cccc(-c5ccc6c(c5)-c5cccc7c5c-6cc5c6ccccc6n(-c6c(C#N)c(C#N)c(-n8c9ccccc9c9cc%10c%11c(cccc%11c98)-c8ccccc8-%10)c(C#N)c6C#N)c75)c4ccc32)c(C#N)c(C#N)c1-n1c2ccccc2c2c3ccccc3ccc21. The largest absolute Gasteiger partial charge is 0.307 e. The van der Waals surface area contributed by atoms with Crippen molar-refractivity contribution in [3.63, 3.8) is 0 Å². The Balaban J connectivity index is 0.725. The molecule has 0 atom stereocenters. The first-order chi connectivity index (χ1) is 53.3. The van der Waals surface area contributed by atoms with E-state index in [1.165, 1.54) is 0 Å². The number of rotatable bonds is 5. The van der Waals surface area contributed by atoms with Crippen LogP contribution in [-0.4, -0.2) is 18.3 Å². The monoisotopic (exact) mass is 1360 g/mol. The van der Waals surface area contributed by atoms with Crippen molar-refractivity contribution in [1.82, 2.24) is 18.3 Å². The number of nitriles is 8. The average molecular weight is 1360 g/mol. The van der Waals surface area contributed by atoms with Crippen LogP contribution >= 0.6 is 0 Å². The predicted octanol–water partition coefficient (Wildman–Crippen LogP) is 22.6. The highest BCUT2D eigenvalue weighted by Gasteiger charge is 2.36. The van der Waals surface area contributed by atoms with Crippen molar-refractivity contribution in [2.24, 2.45) is 0 Å². The van der Waals surface area contributed by atoms with Crippen LogP contribution in [0.4, 0.5) is 0 Å². The van der Waals surface area contributed by atoms with Gasteiger partial charge in [-0.1, -0.05) is 200 Å². The van der Waals surface area contributed by atoms with E-state index in [9.17, 15) is 42.1 Å². The van der Waals surface area contributed by atoms with E-state index in [0.29, 0.717) is 33.1 Å². The third-order valence-electron chi connectivity index (χ3n) is 22.9. The van der Waals surface area contributed by atoms with Crippen LogP contribution < -0.4 is 0 Å². The van der Waals surface area contributed by atoms with Crippen molar-refractivity contribution in [3.8, 4) is 127 Å². The number of hydrogen-bond acceptors (Lipinski definition) is 8. The van der Waals surface area contributed by atoms with Crippen molar-refractivity contribution in [2.45, 2.75) is 0 Å². The standard InChI is InChI=1S/C96H42N12/c97-43-73-75(45-99)94(76(46-100)74(44-98)93(73)105-83-32-11-7-22-64(83)89-54-17-2-1-16-51(54)35-38-85(89)105)106-84-33-12-8-23-65(84)90-62-26-13-24-53(57(62)37-39-86(90)106)52-34-36-58-68(40-52)63-27-15-29-67-88(63)70(58)42-72-60-21-6-10-31-82(60)108(92(67)72)96-79(49-103)77(47-101)95(78(48-102)80(96)50-104)107-81-30-9-5-20-59(81)71-41-69-56-19-4-3-18-55(56)61-25-14-28-66(87(61)69)91(71)107/h1-42H. The molecule has 486 valence electrons. The van der Waals surface area contributed by atoms with E-state index >= 15 is 0 Å². The van der Waals surface area contributed by atoms with Crippen LogP contribution in [0.3, 0.4) is 0 Å². The van der Waals surface area contributed by atoms with E-state index in [1.807, 2.05) is 182 Å². The number of para-hydroxylation sites is 4. The smallest absolute Gasteiger partial charge is 0.103 e. The minimum absolute atomic E-state index is 0.0330. The molecule has 0 aliphatic heterocycles. The average Bonchev–Trinajstić information content (AvgIpc) is 1.51. The van der Waals surface area contributed by atoms with E-state index in [4.69, 9.17) is 0 Å². The van der Waals surface area contributed by atoms with E-state index in [1.54, 1.807) is 0 Å². The van der Waals surface area contributed by atoms with Crippen LogP contribution in [0.25, 0.3) is 209 Å². The van der Waals surface area contributed by atoms with Gasteiger partial charge in [0.2, 0.25) is 0 Å². The van der Waals surface area contributed by atoms with Crippen molar-refractivity contribution in [1.29, 1.82) is 42.1 Å². The van der Waals surface area contributed by atoms with Crippen molar-refractivity contribution >= 4 is 130 Å². The van der Waals surface area contributed by atoms with Gasteiger partial charge in [-0.15, -0.1) is 0 Å². The first-order valence-electron chi connectivity index (χ1n) is 35.1. The molecule has 0 radical (unpaired) electrons. The summed E-state index contributed by atoms with van der Waals surface area (Å²) in [6.07, 6.45) is 0. The molecule has 4 aromatic heterocycles. The summed E-state index contributed by atoms with van der Waals surface area (Å²) in [5, 5.41) is 108. The van der Waals surface area contributed by atoms with Gasteiger partial charge in [0.15, 0.2) is 0 Å². The molecule has 2 aliphatic rings. The van der Waals surface area contributed by atoms with Crippen LogP contribution in [0.2, 0.25) is 0 Å². The van der Waals surface area contributed by atoms with Gasteiger partial charge >= 0.3 is 0 Å². The van der Waals surface area contributed by atoms with Crippen molar-refractivity contribution in [2.75, 3.05) is 0 Å². The first-order valence-corrected chi connectivity index (χ1v) is 35.1. The fraction of sp³-hybridized carbons (Fsp3) is 0. The molecule has 0 amide bonds. The lowest BCUT2D eigenvalue weighted by molar-refractivity contribution is 1.10. The fourth-order valence-electron chi connectivity index (χ4n) is 18.8. The maximum absolute atomic E-state index is 11.8. The molecule has 108 heavy (non-hydrogen) atoms. The van der Waals surface area contributed by atoms with Crippen LogP contribution in [-0.2, 0) is 0 Å². The van der Waals surface area contributed by atoms with Gasteiger partial charge in [0.25, 0.3) is 0 Å². The minimum atomic E-state index is -0.0407. The second-order valence-electron chi connectivity index (χ2n) is 27.6. The zero-order chi connectivity index (χ0) is 72.2. The molecular formula is C96H42N12. The Hall–Kier alpha value is -16.3. The molecule has 0 saturated carbocycles. The molecule has 16 aromatic carbocycles. The summed E-state index contributed by atoms with van der Waals surface area (Å²) in [6, 6.07) is 105. The third-order valence-corrected chi connectivity index (χ3v) is 22.9. The molecule has 12 heteroatoms. The molecular weight excluding hydrogens is 1320 g/mol. The normalized spacial score (nSPS) is 11.8. The number of aromatic nitrogens is 4. The zero-order valence-electron chi connectivity index (χ0n) is 56.6. The van der Waals surface area contributed by atoms with Gasteiger partial charge in [0.1, 0.15) is 48.6 Å². The van der Waals surface area contributed by atoms with Crippen LogP contribution in [0.1, 0.15) is 44.5 Å². The van der Waals surface area contributed by atoms with Crippen LogP contribution in [0.15, 0.2) is 255 Å². The van der Waals surface area contributed by atoms with Gasteiger partial charge in [0.05, 0.1) is 111 Å². The second kappa shape index (κ2) is 21.6. The van der Waals surface area contributed by atoms with Gasteiger partial charge in [-0.2, -0.15) is 42.1 Å². The third kappa shape index (κ3) is 7.31. The first kappa shape index (κ1) is 59.4. The summed E-state index contributed by atoms with van der Waals surface area (Å²) in [5.74, 6) is 0. The number of benzene rings is 16. The second-order valence-corrected chi connectivity index (χ2v) is 27.6. The highest BCUT2D eigenvalue weighted by molar-refractivity contribution is 6.31. The van der Waals surface area contributed by atoms with Gasteiger partial charge in [-0.25, -0.2) is 0 Å². The summed E-state index contributed by atoms with van der Waals surface area (Å²) in [4.78, 5) is 0. The Labute approximate surface area is 613 Å². The molecule has 20 aromatic rings. The maximum atomic E-state index is 11.8. The Bertz CT molecular complexity index is 8060. The Morgan fingerprint density at radius 2 is 0.528 bits per heavy atom. The molecule has 0 unspecified atom stereocenters. The molecule has 0 bridgehead atoms. The number of hydrogen-bond donors (Lipinski definition) is 0. The van der Waals surface area contributed by atoms with Crippen LogP contribution in [0, 0.1) is 90.6 Å². The molecule has 2 aliphatic carbocycles. The van der Waals surface area contributed by atoms with Gasteiger partial charge in [-0.3, -0.25) is 0 Å². The molecule has 22 rings (SSSR count). The fourth-order valence-corrected chi connectivity index (χ4v) is 18.8. The van der Waals surface area contributed by atoms with Crippen molar-refractivity contribution in [3.05, 3.63) is 299 Å². The molecule has 12 nitrogen and oxygen atoms in total. The van der Waals surface area contributed by atoms with Gasteiger partial charge < -0.3 is 18.3 Å². The molecule has 0 fully saturated rings. The van der Waals surface area contributed by atoms with E-state index in [-0.39, 0.29) is 67.3 Å². The lowest BCUT2D eigenvalue weighted by Gasteiger charge is -2.20. The molecule has 0 N–H and O–H groups in total. The Morgan fingerprint density at radius 1 is 0.185 bits per heavy atom. The molecule has 0 spiro atoms. The van der Waals surface area contributed by atoms with E-state index < -0.39 is 0 Å². The Kier molecular flexibility index (Phi) is 11.9. The number of fused-ring (bicyclic) bond motifs is 24. The number of nitrogens with zero attached hydrogens (tertiary/aromatic N) is 12. The summed E-state index contributed by atoms with van der Waals surface area (Å²) in [5.41, 5.74) is 16.2. The lowest BCUT2D eigenvalue weighted by Crippen LogP contribution is -2.12. The summed E-state index contributed by atoms with van der Waals surface area (Å²) in [6.45, 7) is 0. The quantitative estimate of drug-likeness (QED) is 0.161. The Morgan fingerprint density at radius 3 is 1.01 bits per heavy atom. The molecule has 4 heterocycles. The zero-order valence-corrected chi connectivity index (χ0v) is 56.6. The minimum Gasteiger partial charge on any atom is -0.307 e. The topological polar surface area (TPSA) is 210 Å². The highest BCUT2D eigenvalue weighted by Crippen LogP contribution is 2.56. The maximum Gasteiger partial charge on any atom is 0.103 e. The van der Waals surface area contributed by atoms with E-state index in [2.05, 4.69) is 140 Å². The predicted molar refractivity (Wildman–Crippen MR) is 426 cm³/mol. The summed E-state index contributed by atoms with van der Waals surface area (Å²) >= 11 is 0.